The second kappa shape index (κ2) is 6.36. The van der Waals surface area contributed by atoms with Gasteiger partial charge in [0.05, 0.1) is 12.1 Å². The highest BCUT2D eigenvalue weighted by Crippen LogP contribution is 2.13. The zero-order chi connectivity index (χ0) is 14.5. The van der Waals surface area contributed by atoms with Gasteiger partial charge >= 0.3 is 5.97 Å². The summed E-state index contributed by atoms with van der Waals surface area (Å²) < 4.78 is 1.71. The molecule has 6 nitrogen and oxygen atoms in total. The van der Waals surface area contributed by atoms with Crippen LogP contribution in [0.25, 0.3) is 5.65 Å². The first-order chi connectivity index (χ1) is 9.56. The fraction of sp³-hybridized carbons (Fsp3) is 0.500. The molecule has 2 aromatic heterocycles. The van der Waals surface area contributed by atoms with Gasteiger partial charge in [-0.3, -0.25) is 4.79 Å². The Balaban J connectivity index is 1.81. The van der Waals surface area contributed by atoms with Crippen LogP contribution >= 0.6 is 0 Å². The van der Waals surface area contributed by atoms with Gasteiger partial charge in [0.2, 0.25) is 0 Å². The Labute approximate surface area is 117 Å². The summed E-state index contributed by atoms with van der Waals surface area (Å²) in [6.45, 7) is 3.82. The van der Waals surface area contributed by atoms with Crippen molar-refractivity contribution in [2.75, 3.05) is 5.32 Å². The summed E-state index contributed by atoms with van der Waals surface area (Å²) in [7, 11) is 0. The Morgan fingerprint density at radius 1 is 1.40 bits per heavy atom. The van der Waals surface area contributed by atoms with E-state index in [1.54, 1.807) is 17.6 Å². The van der Waals surface area contributed by atoms with Crippen molar-refractivity contribution in [1.82, 2.24) is 14.6 Å². The lowest BCUT2D eigenvalue weighted by Gasteiger charge is -2.15. The van der Waals surface area contributed by atoms with Crippen molar-refractivity contribution in [1.29, 1.82) is 0 Å². The predicted octanol–water partition coefficient (Wildman–Crippen LogP) is 2.42. The summed E-state index contributed by atoms with van der Waals surface area (Å²) in [4.78, 5) is 15.2. The summed E-state index contributed by atoms with van der Waals surface area (Å²) >= 11 is 0. The minimum atomic E-state index is -0.724. The molecule has 0 aromatic carbocycles. The van der Waals surface area contributed by atoms with Crippen LogP contribution in [0.15, 0.2) is 24.5 Å². The lowest BCUT2D eigenvalue weighted by atomic mass is 10.0. The molecule has 0 bridgehead atoms. The van der Waals surface area contributed by atoms with E-state index in [1.165, 1.54) is 0 Å². The third-order valence-corrected chi connectivity index (χ3v) is 3.35. The maximum atomic E-state index is 10.7. The average Bonchev–Trinajstić information content (AvgIpc) is 2.85. The van der Waals surface area contributed by atoms with Crippen LogP contribution in [0.5, 0.6) is 0 Å². The van der Waals surface area contributed by atoms with Gasteiger partial charge in [-0.1, -0.05) is 13.3 Å². The second-order valence-corrected chi connectivity index (χ2v) is 5.16. The molecule has 0 aliphatic rings. The molecule has 6 heteroatoms. The van der Waals surface area contributed by atoms with Gasteiger partial charge in [-0.05, 0) is 25.8 Å². The number of nitrogens with one attached hydrogen (secondary N) is 1. The van der Waals surface area contributed by atoms with E-state index < -0.39 is 5.97 Å². The van der Waals surface area contributed by atoms with Crippen molar-refractivity contribution in [3.05, 3.63) is 24.5 Å². The number of carbonyl (C=O) groups is 1. The highest BCUT2D eigenvalue weighted by atomic mass is 16.4. The second-order valence-electron chi connectivity index (χ2n) is 5.16. The molecule has 0 radical (unpaired) electrons. The van der Waals surface area contributed by atoms with Gasteiger partial charge in [-0.15, -0.1) is 0 Å². The fourth-order valence-electron chi connectivity index (χ4n) is 2.07. The molecule has 108 valence electrons. The molecule has 0 aliphatic heterocycles. The molecule has 2 heterocycles. The molecule has 0 aliphatic carbocycles. The van der Waals surface area contributed by atoms with Gasteiger partial charge in [0.15, 0.2) is 5.65 Å². The van der Waals surface area contributed by atoms with Crippen molar-refractivity contribution in [3.8, 4) is 0 Å². The van der Waals surface area contributed by atoms with Crippen LogP contribution in [-0.2, 0) is 4.79 Å². The van der Waals surface area contributed by atoms with Crippen LogP contribution in [0.1, 0.15) is 33.1 Å². The smallest absolute Gasteiger partial charge is 0.306 e. The number of hydrogen-bond acceptors (Lipinski definition) is 4. The molecule has 20 heavy (non-hydrogen) atoms. The van der Waals surface area contributed by atoms with Crippen molar-refractivity contribution < 1.29 is 9.90 Å². The SMILES string of the molecule is CC(CCCC(C)C(=O)O)Nc1ccn2nccc2n1. The molecule has 0 saturated carbocycles. The topological polar surface area (TPSA) is 79.5 Å². The van der Waals surface area contributed by atoms with Crippen LogP contribution in [0.2, 0.25) is 0 Å². The van der Waals surface area contributed by atoms with Crippen molar-refractivity contribution in [3.63, 3.8) is 0 Å². The molecule has 2 rings (SSSR count). The van der Waals surface area contributed by atoms with E-state index in [-0.39, 0.29) is 12.0 Å². The minimum absolute atomic E-state index is 0.258. The summed E-state index contributed by atoms with van der Waals surface area (Å²) in [5.74, 6) is -0.182. The Kier molecular flexibility index (Phi) is 4.55. The molecular formula is C14H20N4O2. The standard InChI is InChI=1S/C14H20N4O2/c1-10(14(19)20)4-3-5-11(2)16-12-7-9-18-13(17-12)6-8-15-18/h6-11H,3-5H2,1-2H3,(H,16,17)(H,19,20). The van der Waals surface area contributed by atoms with Gasteiger partial charge in [-0.25, -0.2) is 9.50 Å². The lowest BCUT2D eigenvalue weighted by molar-refractivity contribution is -0.141. The molecule has 0 saturated heterocycles. The van der Waals surface area contributed by atoms with Crippen LogP contribution in [0, 0.1) is 5.92 Å². The summed E-state index contributed by atoms with van der Waals surface area (Å²) in [6, 6.07) is 4.00. The molecule has 0 spiro atoms. The Hall–Kier alpha value is -2.11. The molecule has 2 unspecified atom stereocenters. The first kappa shape index (κ1) is 14.3. The van der Waals surface area contributed by atoms with Crippen molar-refractivity contribution >= 4 is 17.4 Å². The maximum Gasteiger partial charge on any atom is 0.306 e. The van der Waals surface area contributed by atoms with Gasteiger partial charge < -0.3 is 10.4 Å². The van der Waals surface area contributed by atoms with E-state index in [9.17, 15) is 4.79 Å². The third-order valence-electron chi connectivity index (χ3n) is 3.35. The number of hydrogen-bond donors (Lipinski definition) is 2. The normalized spacial score (nSPS) is 14.1. The molecule has 2 atom stereocenters. The van der Waals surface area contributed by atoms with Crippen molar-refractivity contribution in [2.24, 2.45) is 5.92 Å². The van der Waals surface area contributed by atoms with Crippen LogP contribution < -0.4 is 5.32 Å². The highest BCUT2D eigenvalue weighted by molar-refractivity contribution is 5.69. The predicted molar refractivity (Wildman–Crippen MR) is 76.7 cm³/mol. The van der Waals surface area contributed by atoms with E-state index in [0.29, 0.717) is 6.42 Å². The third kappa shape index (κ3) is 3.69. The van der Waals surface area contributed by atoms with E-state index in [2.05, 4.69) is 22.3 Å². The number of fused-ring (bicyclic) bond motifs is 1. The molecule has 0 fully saturated rings. The quantitative estimate of drug-likeness (QED) is 0.812. The summed E-state index contributed by atoms with van der Waals surface area (Å²) in [6.07, 6.45) is 6.09. The van der Waals surface area contributed by atoms with Crippen LogP contribution in [0.3, 0.4) is 0 Å². The number of anilines is 1. The number of aliphatic carboxylic acids is 1. The van der Waals surface area contributed by atoms with E-state index in [0.717, 1.165) is 24.3 Å². The van der Waals surface area contributed by atoms with Gasteiger partial charge in [0.1, 0.15) is 5.82 Å². The minimum Gasteiger partial charge on any atom is -0.481 e. The summed E-state index contributed by atoms with van der Waals surface area (Å²) in [5, 5.41) is 16.3. The number of aromatic nitrogens is 3. The van der Waals surface area contributed by atoms with Gasteiger partial charge in [0, 0.05) is 18.3 Å². The van der Waals surface area contributed by atoms with E-state index in [4.69, 9.17) is 5.11 Å². The van der Waals surface area contributed by atoms with Gasteiger partial charge in [0.25, 0.3) is 0 Å². The van der Waals surface area contributed by atoms with E-state index in [1.807, 2.05) is 18.3 Å². The number of nitrogens with zero attached hydrogens (tertiary/aromatic N) is 3. The number of carboxylic acids is 1. The number of rotatable bonds is 7. The zero-order valence-electron chi connectivity index (χ0n) is 11.8. The van der Waals surface area contributed by atoms with Crippen LogP contribution in [-0.4, -0.2) is 31.7 Å². The number of carboxylic acid groups (broad SMARTS) is 1. The maximum absolute atomic E-state index is 10.7. The largest absolute Gasteiger partial charge is 0.481 e. The molecule has 2 N–H and O–H groups in total. The first-order valence-corrected chi connectivity index (χ1v) is 6.86. The monoisotopic (exact) mass is 276 g/mol. The summed E-state index contributed by atoms with van der Waals surface area (Å²) in [5.41, 5.74) is 0.807. The Morgan fingerprint density at radius 2 is 2.20 bits per heavy atom. The lowest BCUT2D eigenvalue weighted by Crippen LogP contribution is -2.17. The zero-order valence-corrected chi connectivity index (χ0v) is 11.8. The van der Waals surface area contributed by atoms with E-state index >= 15 is 0 Å². The Morgan fingerprint density at radius 3 is 2.95 bits per heavy atom. The molecular weight excluding hydrogens is 256 g/mol. The van der Waals surface area contributed by atoms with Crippen molar-refractivity contribution in [2.45, 2.75) is 39.2 Å². The van der Waals surface area contributed by atoms with Crippen LogP contribution in [0.4, 0.5) is 5.82 Å². The van der Waals surface area contributed by atoms with Gasteiger partial charge in [-0.2, -0.15) is 5.10 Å². The molecule has 0 amide bonds. The highest BCUT2D eigenvalue weighted by Gasteiger charge is 2.11. The average molecular weight is 276 g/mol. The fourth-order valence-corrected chi connectivity index (χ4v) is 2.07. The Bertz CT molecular complexity index is 581. The first-order valence-electron chi connectivity index (χ1n) is 6.86. The molecule has 2 aromatic rings.